The second kappa shape index (κ2) is 7.25. The van der Waals surface area contributed by atoms with E-state index in [4.69, 9.17) is 8.83 Å². The Morgan fingerprint density at radius 2 is 2.14 bits per heavy atom. The molecule has 0 saturated heterocycles. The SMILES string of the molecule is CCC(O)(CF)c1cn(Cc2ccc3c(-c4coc(C)n4)cc(=O)oc3c2)nn1. The van der Waals surface area contributed by atoms with Crippen LogP contribution in [0.2, 0.25) is 0 Å². The van der Waals surface area contributed by atoms with Gasteiger partial charge in [-0.05, 0) is 18.1 Å². The van der Waals surface area contributed by atoms with Crippen LogP contribution in [0, 0.1) is 6.92 Å². The monoisotopic (exact) mass is 398 g/mol. The van der Waals surface area contributed by atoms with Crippen LogP contribution in [-0.4, -0.2) is 31.8 Å². The zero-order chi connectivity index (χ0) is 20.6. The molecule has 0 aliphatic heterocycles. The highest BCUT2D eigenvalue weighted by Crippen LogP contribution is 2.28. The third-order valence-corrected chi connectivity index (χ3v) is 4.87. The number of alkyl halides is 1. The molecule has 0 fully saturated rings. The number of oxazole rings is 1. The fraction of sp³-hybridized carbons (Fsp3) is 0.300. The zero-order valence-electron chi connectivity index (χ0n) is 15.9. The number of aliphatic hydroxyl groups is 1. The molecule has 3 aromatic heterocycles. The molecule has 0 spiro atoms. The lowest BCUT2D eigenvalue weighted by molar-refractivity contribution is 0.00322. The minimum absolute atomic E-state index is 0.179. The maximum Gasteiger partial charge on any atom is 0.336 e. The lowest BCUT2D eigenvalue weighted by Gasteiger charge is -2.19. The Balaban J connectivity index is 1.68. The van der Waals surface area contributed by atoms with E-state index in [2.05, 4.69) is 15.3 Å². The number of fused-ring (bicyclic) bond motifs is 1. The van der Waals surface area contributed by atoms with Crippen molar-refractivity contribution < 1.29 is 18.3 Å². The third kappa shape index (κ3) is 3.56. The minimum Gasteiger partial charge on any atom is -0.449 e. The van der Waals surface area contributed by atoms with Crippen molar-refractivity contribution in [3.8, 4) is 11.3 Å². The summed E-state index contributed by atoms with van der Waals surface area (Å²) in [7, 11) is 0. The van der Waals surface area contributed by atoms with E-state index in [0.717, 1.165) is 10.9 Å². The number of hydrogen-bond donors (Lipinski definition) is 1. The first-order chi connectivity index (χ1) is 13.9. The largest absolute Gasteiger partial charge is 0.449 e. The van der Waals surface area contributed by atoms with Crippen molar-refractivity contribution in [3.63, 3.8) is 0 Å². The molecule has 0 aliphatic carbocycles. The fourth-order valence-corrected chi connectivity index (χ4v) is 3.12. The van der Waals surface area contributed by atoms with Crippen molar-refractivity contribution in [1.82, 2.24) is 20.0 Å². The second-order valence-corrected chi connectivity index (χ2v) is 6.88. The number of hydrogen-bond acceptors (Lipinski definition) is 7. The minimum atomic E-state index is -1.64. The van der Waals surface area contributed by atoms with E-state index >= 15 is 0 Å². The Bertz CT molecular complexity index is 1220. The first-order valence-corrected chi connectivity index (χ1v) is 9.10. The predicted octanol–water partition coefficient (Wildman–Crippen LogP) is 2.96. The van der Waals surface area contributed by atoms with E-state index in [-0.39, 0.29) is 12.1 Å². The molecule has 150 valence electrons. The van der Waals surface area contributed by atoms with Gasteiger partial charge < -0.3 is 13.9 Å². The zero-order valence-corrected chi connectivity index (χ0v) is 15.9. The van der Waals surface area contributed by atoms with Gasteiger partial charge in [0.1, 0.15) is 35.5 Å². The summed E-state index contributed by atoms with van der Waals surface area (Å²) in [6.45, 7) is 2.78. The normalized spacial score (nSPS) is 13.7. The maximum atomic E-state index is 13.2. The Labute approximate surface area is 164 Å². The number of aromatic nitrogens is 4. The van der Waals surface area contributed by atoms with Gasteiger partial charge >= 0.3 is 5.63 Å². The Hall–Kier alpha value is -3.33. The van der Waals surface area contributed by atoms with Gasteiger partial charge in [-0.15, -0.1) is 5.10 Å². The van der Waals surface area contributed by atoms with Gasteiger partial charge in [0.25, 0.3) is 0 Å². The Kier molecular flexibility index (Phi) is 4.75. The van der Waals surface area contributed by atoms with Gasteiger partial charge in [0.2, 0.25) is 0 Å². The van der Waals surface area contributed by atoms with Crippen LogP contribution in [0.15, 0.2) is 50.4 Å². The molecular formula is C20H19FN4O4. The highest BCUT2D eigenvalue weighted by atomic mass is 19.1. The molecule has 1 N–H and O–H groups in total. The van der Waals surface area contributed by atoms with Crippen molar-refractivity contribution in [3.05, 3.63) is 64.3 Å². The Morgan fingerprint density at radius 3 is 2.83 bits per heavy atom. The number of aryl methyl sites for hydroxylation is 1. The number of nitrogens with zero attached hydrogens (tertiary/aromatic N) is 4. The van der Waals surface area contributed by atoms with Crippen LogP contribution in [0.5, 0.6) is 0 Å². The van der Waals surface area contributed by atoms with Gasteiger partial charge in [0, 0.05) is 23.9 Å². The molecule has 29 heavy (non-hydrogen) atoms. The summed E-state index contributed by atoms with van der Waals surface area (Å²) in [4.78, 5) is 16.3. The lowest BCUT2D eigenvalue weighted by Crippen LogP contribution is -2.27. The third-order valence-electron chi connectivity index (χ3n) is 4.87. The first-order valence-electron chi connectivity index (χ1n) is 9.10. The number of benzene rings is 1. The summed E-state index contributed by atoms with van der Waals surface area (Å²) < 4.78 is 25.3. The van der Waals surface area contributed by atoms with Crippen molar-refractivity contribution in [2.24, 2.45) is 0 Å². The molecule has 1 atom stereocenters. The average Bonchev–Trinajstić information content (AvgIpc) is 3.36. The number of rotatable bonds is 6. The van der Waals surface area contributed by atoms with Crippen LogP contribution in [0.25, 0.3) is 22.2 Å². The summed E-state index contributed by atoms with van der Waals surface area (Å²) in [5, 5.41) is 18.8. The molecule has 0 radical (unpaired) electrons. The molecule has 0 saturated carbocycles. The smallest absolute Gasteiger partial charge is 0.336 e. The molecule has 9 heteroatoms. The standard InChI is InChI=1S/C20H19FN4O4/c1-3-20(27,11-21)18-9-25(24-23-18)8-13-4-5-14-15(16-10-28-12(2)22-16)7-19(26)29-17(14)6-13/h4-7,9-10,27H,3,8,11H2,1-2H3. The summed E-state index contributed by atoms with van der Waals surface area (Å²) >= 11 is 0. The average molecular weight is 398 g/mol. The van der Waals surface area contributed by atoms with E-state index in [1.165, 1.54) is 23.2 Å². The molecule has 1 unspecified atom stereocenters. The van der Waals surface area contributed by atoms with Gasteiger partial charge in [-0.3, -0.25) is 0 Å². The van der Waals surface area contributed by atoms with Crippen LogP contribution in [-0.2, 0) is 12.1 Å². The summed E-state index contributed by atoms with van der Waals surface area (Å²) in [6, 6.07) is 6.80. The van der Waals surface area contributed by atoms with Crippen LogP contribution >= 0.6 is 0 Å². The van der Waals surface area contributed by atoms with Crippen molar-refractivity contribution in [2.45, 2.75) is 32.4 Å². The molecule has 4 aromatic rings. The van der Waals surface area contributed by atoms with Crippen molar-refractivity contribution in [1.29, 1.82) is 0 Å². The van der Waals surface area contributed by atoms with Gasteiger partial charge in [-0.1, -0.05) is 24.3 Å². The van der Waals surface area contributed by atoms with E-state index in [1.807, 2.05) is 12.1 Å². The van der Waals surface area contributed by atoms with Crippen LogP contribution < -0.4 is 5.63 Å². The lowest BCUT2D eigenvalue weighted by atomic mass is 9.99. The molecule has 3 heterocycles. The highest BCUT2D eigenvalue weighted by Gasteiger charge is 2.30. The summed E-state index contributed by atoms with van der Waals surface area (Å²) in [5.41, 5.74) is 0.422. The second-order valence-electron chi connectivity index (χ2n) is 6.88. The topological polar surface area (TPSA) is 107 Å². The first kappa shape index (κ1) is 19.0. The predicted molar refractivity (Wildman–Crippen MR) is 102 cm³/mol. The van der Waals surface area contributed by atoms with Gasteiger partial charge in [-0.2, -0.15) is 0 Å². The maximum absolute atomic E-state index is 13.2. The fourth-order valence-electron chi connectivity index (χ4n) is 3.12. The van der Waals surface area contributed by atoms with Gasteiger partial charge in [0.05, 0.1) is 12.7 Å². The molecule has 0 aliphatic rings. The van der Waals surface area contributed by atoms with Crippen LogP contribution in [0.3, 0.4) is 0 Å². The summed E-state index contributed by atoms with van der Waals surface area (Å²) in [6.07, 6.45) is 3.19. The van der Waals surface area contributed by atoms with E-state index < -0.39 is 17.9 Å². The van der Waals surface area contributed by atoms with Gasteiger partial charge in [0.15, 0.2) is 5.89 Å². The quantitative estimate of drug-likeness (QED) is 0.498. The number of halogens is 1. The molecule has 0 amide bonds. The van der Waals surface area contributed by atoms with Crippen molar-refractivity contribution >= 4 is 11.0 Å². The molecule has 4 rings (SSSR count). The van der Waals surface area contributed by atoms with E-state index in [1.54, 1.807) is 19.9 Å². The highest BCUT2D eigenvalue weighted by molar-refractivity contribution is 5.92. The van der Waals surface area contributed by atoms with Crippen LogP contribution in [0.1, 0.15) is 30.5 Å². The molecule has 1 aromatic carbocycles. The Morgan fingerprint density at radius 1 is 1.31 bits per heavy atom. The molecule has 8 nitrogen and oxygen atoms in total. The van der Waals surface area contributed by atoms with Crippen LogP contribution in [0.4, 0.5) is 4.39 Å². The van der Waals surface area contributed by atoms with E-state index in [9.17, 15) is 14.3 Å². The van der Waals surface area contributed by atoms with Crippen molar-refractivity contribution in [2.75, 3.05) is 6.67 Å². The van der Waals surface area contributed by atoms with E-state index in [0.29, 0.717) is 29.3 Å². The molecule has 0 bridgehead atoms. The molecular weight excluding hydrogens is 379 g/mol. The van der Waals surface area contributed by atoms with Gasteiger partial charge in [-0.25, -0.2) is 18.9 Å². The summed E-state index contributed by atoms with van der Waals surface area (Å²) in [5.74, 6) is 0.500.